The van der Waals surface area contributed by atoms with Crippen molar-refractivity contribution in [3.8, 4) is 0 Å². The minimum absolute atomic E-state index is 0.184. The van der Waals surface area contributed by atoms with Crippen LogP contribution in [0.5, 0.6) is 0 Å². The van der Waals surface area contributed by atoms with Gasteiger partial charge >= 0.3 is 0 Å². The Hall–Kier alpha value is -1.52. The van der Waals surface area contributed by atoms with E-state index in [2.05, 4.69) is 0 Å². The van der Waals surface area contributed by atoms with Gasteiger partial charge in [-0.3, -0.25) is 4.79 Å². The fourth-order valence-corrected chi connectivity index (χ4v) is 1.63. The van der Waals surface area contributed by atoms with Crippen LogP contribution < -0.4 is 4.90 Å². The van der Waals surface area contributed by atoms with Gasteiger partial charge in [-0.1, -0.05) is 0 Å². The number of amides is 1. The lowest BCUT2D eigenvalue weighted by Crippen LogP contribution is -2.25. The molecule has 15 heavy (non-hydrogen) atoms. The molecule has 1 fully saturated rings. The molecule has 1 aliphatic heterocycles. The third kappa shape index (κ3) is 1.58. The zero-order chi connectivity index (χ0) is 11.0. The van der Waals surface area contributed by atoms with Crippen molar-refractivity contribution in [1.29, 1.82) is 0 Å². The number of rotatable bonds is 1. The molecule has 0 N–H and O–H groups in total. The van der Waals surface area contributed by atoms with Crippen LogP contribution in [-0.4, -0.2) is 12.5 Å². The van der Waals surface area contributed by atoms with Crippen LogP contribution in [-0.2, 0) is 4.79 Å². The molecule has 80 valence electrons. The maximum Gasteiger partial charge on any atom is 0.227 e. The van der Waals surface area contributed by atoms with Crippen molar-refractivity contribution in [3.05, 3.63) is 29.6 Å². The van der Waals surface area contributed by atoms with Gasteiger partial charge in [0.1, 0.15) is 0 Å². The fraction of sp³-hybridized carbons (Fsp3) is 0.300. The Labute approximate surface area is 84.3 Å². The number of nitrogens with zero attached hydrogens (tertiary/aromatic N) is 1. The second kappa shape index (κ2) is 3.56. The lowest BCUT2D eigenvalue weighted by atomic mass is 10.2. The van der Waals surface area contributed by atoms with Crippen molar-refractivity contribution < 1.29 is 18.0 Å². The number of carbonyl (C=O) groups excluding carboxylic acids is 1. The van der Waals surface area contributed by atoms with Gasteiger partial charge in [-0.15, -0.1) is 0 Å². The van der Waals surface area contributed by atoms with E-state index in [0.717, 1.165) is 17.0 Å². The van der Waals surface area contributed by atoms with Crippen LogP contribution >= 0.6 is 0 Å². The SMILES string of the molecule is O=C1CCCN1c1ccc(F)c(F)c1F. The number of carbonyl (C=O) groups is 1. The van der Waals surface area contributed by atoms with Crippen molar-refractivity contribution >= 4 is 11.6 Å². The van der Waals surface area contributed by atoms with Gasteiger partial charge in [-0.2, -0.15) is 0 Å². The molecule has 1 amide bonds. The smallest absolute Gasteiger partial charge is 0.227 e. The zero-order valence-electron chi connectivity index (χ0n) is 7.77. The summed E-state index contributed by atoms with van der Waals surface area (Å²) in [5, 5.41) is 0. The summed E-state index contributed by atoms with van der Waals surface area (Å²) >= 11 is 0. The van der Waals surface area contributed by atoms with E-state index in [0.29, 0.717) is 19.4 Å². The summed E-state index contributed by atoms with van der Waals surface area (Å²) in [4.78, 5) is 12.4. The van der Waals surface area contributed by atoms with Gasteiger partial charge in [0.25, 0.3) is 0 Å². The van der Waals surface area contributed by atoms with Crippen molar-refractivity contribution in [2.24, 2.45) is 0 Å². The molecule has 0 spiro atoms. The quantitative estimate of drug-likeness (QED) is 0.658. The second-order valence-electron chi connectivity index (χ2n) is 3.34. The Kier molecular flexibility index (Phi) is 2.38. The zero-order valence-corrected chi connectivity index (χ0v) is 7.77. The summed E-state index contributed by atoms with van der Waals surface area (Å²) < 4.78 is 38.8. The molecule has 0 aliphatic carbocycles. The van der Waals surface area contributed by atoms with Crippen LogP contribution in [0.4, 0.5) is 18.9 Å². The van der Waals surface area contributed by atoms with E-state index in [-0.39, 0.29) is 11.6 Å². The van der Waals surface area contributed by atoms with E-state index in [1.54, 1.807) is 0 Å². The van der Waals surface area contributed by atoms with E-state index in [4.69, 9.17) is 0 Å². The molecule has 1 saturated heterocycles. The van der Waals surface area contributed by atoms with Gasteiger partial charge in [0, 0.05) is 13.0 Å². The average Bonchev–Trinajstić information content (AvgIpc) is 2.62. The summed E-state index contributed by atoms with van der Waals surface area (Å²) in [6.45, 7) is 0.348. The highest BCUT2D eigenvalue weighted by atomic mass is 19.2. The highest BCUT2D eigenvalue weighted by Gasteiger charge is 2.26. The van der Waals surface area contributed by atoms with Crippen LogP contribution in [0.1, 0.15) is 12.8 Å². The summed E-state index contributed by atoms with van der Waals surface area (Å²) in [7, 11) is 0. The first-order valence-electron chi connectivity index (χ1n) is 4.55. The topological polar surface area (TPSA) is 20.3 Å². The molecule has 0 radical (unpaired) electrons. The average molecular weight is 215 g/mol. The Bertz CT molecular complexity index is 419. The molecule has 1 aromatic rings. The van der Waals surface area contributed by atoms with E-state index >= 15 is 0 Å². The van der Waals surface area contributed by atoms with Gasteiger partial charge in [0.2, 0.25) is 5.91 Å². The molecule has 0 unspecified atom stereocenters. The summed E-state index contributed by atoms with van der Waals surface area (Å²) in [6, 6.07) is 1.90. The molecule has 0 saturated carbocycles. The number of benzene rings is 1. The molecule has 0 atom stereocenters. The molecule has 0 bridgehead atoms. The van der Waals surface area contributed by atoms with Crippen molar-refractivity contribution in [2.75, 3.05) is 11.4 Å². The molecule has 1 aliphatic rings. The number of halogens is 3. The number of hydrogen-bond acceptors (Lipinski definition) is 1. The first kappa shape index (κ1) is 10.0. The second-order valence-corrected chi connectivity index (χ2v) is 3.34. The lowest BCUT2D eigenvalue weighted by Gasteiger charge is -2.16. The Balaban J connectivity index is 2.45. The molecular formula is C10H8F3NO. The summed E-state index contributed by atoms with van der Waals surface area (Å²) in [5.41, 5.74) is -0.184. The molecular weight excluding hydrogens is 207 g/mol. The van der Waals surface area contributed by atoms with E-state index in [1.807, 2.05) is 0 Å². The van der Waals surface area contributed by atoms with Crippen molar-refractivity contribution in [2.45, 2.75) is 12.8 Å². The summed E-state index contributed by atoms with van der Waals surface area (Å²) in [5.74, 6) is -4.35. The van der Waals surface area contributed by atoms with Gasteiger partial charge in [0.05, 0.1) is 5.69 Å². The molecule has 1 heterocycles. The molecule has 2 rings (SSSR count). The minimum atomic E-state index is -1.54. The molecule has 2 nitrogen and oxygen atoms in total. The van der Waals surface area contributed by atoms with Crippen LogP contribution in [0, 0.1) is 17.5 Å². The largest absolute Gasteiger partial charge is 0.310 e. The van der Waals surface area contributed by atoms with Gasteiger partial charge in [0.15, 0.2) is 17.5 Å². The van der Waals surface area contributed by atoms with E-state index in [9.17, 15) is 18.0 Å². The van der Waals surface area contributed by atoms with Crippen LogP contribution in [0.3, 0.4) is 0 Å². The monoisotopic (exact) mass is 215 g/mol. The highest BCUT2D eigenvalue weighted by molar-refractivity contribution is 5.95. The standard InChI is InChI=1S/C10H8F3NO/c11-6-3-4-7(10(13)9(6)12)14-5-1-2-8(14)15/h3-4H,1-2,5H2. The normalized spacial score (nSPS) is 16.2. The first-order valence-corrected chi connectivity index (χ1v) is 4.55. The van der Waals surface area contributed by atoms with E-state index < -0.39 is 17.5 Å². The highest BCUT2D eigenvalue weighted by Crippen LogP contribution is 2.27. The third-order valence-corrected chi connectivity index (χ3v) is 2.38. The van der Waals surface area contributed by atoms with Crippen LogP contribution in [0.25, 0.3) is 0 Å². The van der Waals surface area contributed by atoms with Gasteiger partial charge in [-0.25, -0.2) is 13.2 Å². The number of anilines is 1. The fourth-order valence-electron chi connectivity index (χ4n) is 1.63. The van der Waals surface area contributed by atoms with Crippen LogP contribution in [0.15, 0.2) is 12.1 Å². The Morgan fingerprint density at radius 3 is 2.47 bits per heavy atom. The maximum absolute atomic E-state index is 13.3. The van der Waals surface area contributed by atoms with Crippen molar-refractivity contribution in [3.63, 3.8) is 0 Å². The maximum atomic E-state index is 13.3. The molecule has 0 aromatic heterocycles. The third-order valence-electron chi connectivity index (χ3n) is 2.38. The molecule has 1 aromatic carbocycles. The summed E-state index contributed by atoms with van der Waals surface area (Å²) in [6.07, 6.45) is 0.926. The molecule has 5 heteroatoms. The Morgan fingerprint density at radius 2 is 1.87 bits per heavy atom. The Morgan fingerprint density at radius 1 is 1.13 bits per heavy atom. The first-order chi connectivity index (χ1) is 7.11. The van der Waals surface area contributed by atoms with Crippen molar-refractivity contribution in [1.82, 2.24) is 0 Å². The lowest BCUT2D eigenvalue weighted by molar-refractivity contribution is -0.117. The minimum Gasteiger partial charge on any atom is -0.310 e. The number of hydrogen-bond donors (Lipinski definition) is 0. The van der Waals surface area contributed by atoms with E-state index in [1.165, 1.54) is 0 Å². The van der Waals surface area contributed by atoms with Gasteiger partial charge in [-0.05, 0) is 18.6 Å². The predicted molar refractivity (Wildman–Crippen MR) is 47.9 cm³/mol. The van der Waals surface area contributed by atoms with Gasteiger partial charge < -0.3 is 4.90 Å². The van der Waals surface area contributed by atoms with Crippen LogP contribution in [0.2, 0.25) is 0 Å². The predicted octanol–water partition coefficient (Wildman–Crippen LogP) is 2.23.